The quantitative estimate of drug-likeness (QED) is 0.898. The van der Waals surface area contributed by atoms with Crippen LogP contribution in [0.3, 0.4) is 0 Å². The molecule has 1 aromatic heterocycles. The highest BCUT2D eigenvalue weighted by molar-refractivity contribution is 7.15. The van der Waals surface area contributed by atoms with Crippen LogP contribution in [0.5, 0.6) is 0 Å². The van der Waals surface area contributed by atoms with E-state index in [9.17, 15) is 0 Å². The summed E-state index contributed by atoms with van der Waals surface area (Å²) in [6, 6.07) is 8.89. The predicted octanol–water partition coefficient (Wildman–Crippen LogP) is 4.29. The van der Waals surface area contributed by atoms with Crippen molar-refractivity contribution in [2.45, 2.75) is 39.0 Å². The number of rotatable bonds is 4. The van der Waals surface area contributed by atoms with Crippen LogP contribution in [-0.2, 0) is 6.42 Å². The van der Waals surface area contributed by atoms with Crippen molar-refractivity contribution in [3.8, 4) is 0 Å². The smallest absolute Gasteiger partial charge is 0.183 e. The number of benzene rings is 1. The van der Waals surface area contributed by atoms with Crippen LogP contribution in [-0.4, -0.2) is 11.5 Å². The summed E-state index contributed by atoms with van der Waals surface area (Å²) < 4.78 is 0. The Hall–Kier alpha value is -1.35. The Morgan fingerprint density at radius 1 is 1.32 bits per heavy atom. The first kappa shape index (κ1) is 12.7. The lowest BCUT2D eigenvalue weighted by atomic mass is 9.98. The zero-order valence-electron chi connectivity index (χ0n) is 11.6. The lowest BCUT2D eigenvalue weighted by molar-refractivity contribution is 0.638. The number of nitrogens with zero attached hydrogens (tertiary/aromatic N) is 1. The fourth-order valence-electron chi connectivity index (χ4n) is 2.85. The molecule has 1 aliphatic rings. The highest BCUT2D eigenvalue weighted by Gasteiger charge is 2.21. The van der Waals surface area contributed by atoms with Gasteiger partial charge in [-0.25, -0.2) is 4.98 Å². The molecule has 0 fully saturated rings. The Labute approximate surface area is 118 Å². The van der Waals surface area contributed by atoms with Crippen molar-refractivity contribution in [1.29, 1.82) is 0 Å². The van der Waals surface area contributed by atoms with Gasteiger partial charge in [-0.2, -0.15) is 0 Å². The van der Waals surface area contributed by atoms with E-state index < -0.39 is 0 Å². The van der Waals surface area contributed by atoms with Crippen molar-refractivity contribution in [3.05, 3.63) is 46.0 Å². The molecule has 19 heavy (non-hydrogen) atoms. The number of aryl methyl sites for hydroxylation is 3. The molecule has 1 heterocycles. The molecule has 3 heteroatoms. The summed E-state index contributed by atoms with van der Waals surface area (Å²) in [4.78, 5) is 5.84. The first-order valence-corrected chi connectivity index (χ1v) is 7.81. The molecule has 2 aromatic rings. The number of thiazole rings is 1. The molecule has 0 spiro atoms. The molecule has 0 bridgehead atoms. The summed E-state index contributed by atoms with van der Waals surface area (Å²) in [6.07, 6.45) is 3.75. The van der Waals surface area contributed by atoms with E-state index in [1.54, 1.807) is 22.5 Å². The Morgan fingerprint density at radius 2 is 2.16 bits per heavy atom. The maximum Gasteiger partial charge on any atom is 0.183 e. The maximum absolute atomic E-state index is 4.53. The van der Waals surface area contributed by atoms with Gasteiger partial charge in [0.05, 0.1) is 5.69 Å². The van der Waals surface area contributed by atoms with Gasteiger partial charge in [0.15, 0.2) is 5.13 Å². The first-order valence-electron chi connectivity index (χ1n) is 7.00. The van der Waals surface area contributed by atoms with Gasteiger partial charge in [-0.1, -0.05) is 24.3 Å². The first-order chi connectivity index (χ1) is 9.24. The molecule has 1 aliphatic carbocycles. The van der Waals surface area contributed by atoms with Gasteiger partial charge in [0, 0.05) is 11.4 Å². The van der Waals surface area contributed by atoms with E-state index >= 15 is 0 Å². The van der Waals surface area contributed by atoms with Crippen molar-refractivity contribution in [2.24, 2.45) is 0 Å². The highest BCUT2D eigenvalue weighted by Crippen LogP contribution is 2.35. The summed E-state index contributed by atoms with van der Waals surface area (Å²) in [5.41, 5.74) is 4.27. The van der Waals surface area contributed by atoms with Gasteiger partial charge >= 0.3 is 0 Å². The van der Waals surface area contributed by atoms with Gasteiger partial charge in [-0.05, 0) is 50.2 Å². The Bertz CT molecular complexity index is 554. The SMILES string of the molecule is Cc1nc(NCCC2CCc3ccccc32)sc1C. The number of fused-ring (bicyclic) bond motifs is 1. The molecule has 1 unspecified atom stereocenters. The molecule has 3 rings (SSSR count). The molecule has 2 nitrogen and oxygen atoms in total. The summed E-state index contributed by atoms with van der Waals surface area (Å²) >= 11 is 1.76. The fraction of sp³-hybridized carbons (Fsp3) is 0.438. The third-order valence-electron chi connectivity index (χ3n) is 4.05. The van der Waals surface area contributed by atoms with Gasteiger partial charge in [0.2, 0.25) is 0 Å². The minimum absolute atomic E-state index is 0.728. The van der Waals surface area contributed by atoms with Crippen LogP contribution < -0.4 is 5.32 Å². The Morgan fingerprint density at radius 3 is 2.95 bits per heavy atom. The molecule has 0 amide bonds. The highest BCUT2D eigenvalue weighted by atomic mass is 32.1. The molecular weight excluding hydrogens is 252 g/mol. The number of anilines is 1. The van der Waals surface area contributed by atoms with Crippen LogP contribution in [0.4, 0.5) is 5.13 Å². The topological polar surface area (TPSA) is 24.9 Å². The van der Waals surface area contributed by atoms with Crippen LogP contribution in [0.15, 0.2) is 24.3 Å². The molecule has 100 valence electrons. The summed E-state index contributed by atoms with van der Waals surface area (Å²) in [5.74, 6) is 0.728. The lowest BCUT2D eigenvalue weighted by Crippen LogP contribution is -2.06. The minimum Gasteiger partial charge on any atom is -0.361 e. The normalized spacial score (nSPS) is 17.5. The lowest BCUT2D eigenvalue weighted by Gasteiger charge is -2.11. The van der Waals surface area contributed by atoms with Crippen molar-refractivity contribution in [3.63, 3.8) is 0 Å². The fourth-order valence-corrected chi connectivity index (χ4v) is 3.69. The summed E-state index contributed by atoms with van der Waals surface area (Å²) in [6.45, 7) is 5.22. The Kier molecular flexibility index (Phi) is 3.56. The number of aromatic nitrogens is 1. The monoisotopic (exact) mass is 272 g/mol. The average Bonchev–Trinajstić information content (AvgIpc) is 2.95. The van der Waals surface area contributed by atoms with E-state index in [0.717, 1.165) is 23.3 Å². The largest absolute Gasteiger partial charge is 0.361 e. The summed E-state index contributed by atoms with van der Waals surface area (Å²) in [7, 11) is 0. The van der Waals surface area contributed by atoms with Crippen LogP contribution in [0.2, 0.25) is 0 Å². The molecule has 0 saturated carbocycles. The number of hydrogen-bond acceptors (Lipinski definition) is 3. The maximum atomic E-state index is 4.53. The second-order valence-electron chi connectivity index (χ2n) is 5.31. The molecule has 1 aromatic carbocycles. The van der Waals surface area contributed by atoms with Crippen LogP contribution in [0, 0.1) is 13.8 Å². The molecule has 1 atom stereocenters. The zero-order valence-corrected chi connectivity index (χ0v) is 12.4. The van der Waals surface area contributed by atoms with Crippen LogP contribution in [0.1, 0.15) is 40.5 Å². The zero-order chi connectivity index (χ0) is 13.2. The van der Waals surface area contributed by atoms with E-state index in [1.807, 2.05) is 0 Å². The molecule has 0 aliphatic heterocycles. The van der Waals surface area contributed by atoms with Crippen molar-refractivity contribution < 1.29 is 0 Å². The average molecular weight is 272 g/mol. The van der Waals surface area contributed by atoms with Gasteiger partial charge in [0.1, 0.15) is 0 Å². The van der Waals surface area contributed by atoms with Crippen LogP contribution in [0.25, 0.3) is 0 Å². The number of nitrogens with one attached hydrogen (secondary N) is 1. The third kappa shape index (κ3) is 2.66. The standard InChI is InChI=1S/C16H20N2S/c1-11-12(2)19-16(18-11)17-10-9-14-8-7-13-5-3-4-6-15(13)14/h3-6,14H,7-10H2,1-2H3,(H,17,18). The Balaban J connectivity index is 1.56. The predicted molar refractivity (Wildman–Crippen MR) is 82.2 cm³/mol. The second kappa shape index (κ2) is 5.33. The van der Waals surface area contributed by atoms with Gasteiger partial charge < -0.3 is 5.32 Å². The van der Waals surface area contributed by atoms with Crippen LogP contribution >= 0.6 is 11.3 Å². The summed E-state index contributed by atoms with van der Waals surface area (Å²) in [5, 5.41) is 4.54. The van der Waals surface area contributed by atoms with Gasteiger partial charge in [-0.3, -0.25) is 0 Å². The van der Waals surface area contributed by atoms with Crippen molar-refractivity contribution in [2.75, 3.05) is 11.9 Å². The van der Waals surface area contributed by atoms with E-state index in [-0.39, 0.29) is 0 Å². The van der Waals surface area contributed by atoms with E-state index in [4.69, 9.17) is 0 Å². The van der Waals surface area contributed by atoms with Crippen molar-refractivity contribution in [1.82, 2.24) is 4.98 Å². The second-order valence-corrected chi connectivity index (χ2v) is 6.51. The molecule has 0 radical (unpaired) electrons. The van der Waals surface area contributed by atoms with E-state index in [0.29, 0.717) is 0 Å². The van der Waals surface area contributed by atoms with Gasteiger partial charge in [0.25, 0.3) is 0 Å². The van der Waals surface area contributed by atoms with Crippen molar-refractivity contribution >= 4 is 16.5 Å². The third-order valence-corrected chi connectivity index (χ3v) is 5.09. The molecule has 1 N–H and O–H groups in total. The van der Waals surface area contributed by atoms with E-state index in [1.165, 1.54) is 24.1 Å². The number of hydrogen-bond donors (Lipinski definition) is 1. The van der Waals surface area contributed by atoms with Gasteiger partial charge in [-0.15, -0.1) is 11.3 Å². The molecule has 0 saturated heterocycles. The molecular formula is C16H20N2S. The van der Waals surface area contributed by atoms with E-state index in [2.05, 4.69) is 48.4 Å². The minimum atomic E-state index is 0.728.